The lowest BCUT2D eigenvalue weighted by molar-refractivity contribution is -0.179. The Kier molecular flexibility index (Phi) is 8.75. The maximum absolute atomic E-state index is 15.8. The highest BCUT2D eigenvalue weighted by molar-refractivity contribution is 7.52. The lowest BCUT2D eigenvalue weighted by atomic mass is 9.98. The summed E-state index contributed by atoms with van der Waals surface area (Å²) in [7, 11) is -4.46. The molecule has 2 heterocycles. The van der Waals surface area contributed by atoms with Gasteiger partial charge in [-0.25, -0.2) is 18.1 Å². The van der Waals surface area contributed by atoms with E-state index in [1.807, 2.05) is 4.98 Å². The van der Waals surface area contributed by atoms with Crippen molar-refractivity contribution >= 4 is 13.7 Å². The van der Waals surface area contributed by atoms with Gasteiger partial charge in [-0.05, 0) is 51.7 Å². The Morgan fingerprint density at radius 1 is 1.21 bits per heavy atom. The van der Waals surface area contributed by atoms with Gasteiger partial charge in [-0.2, -0.15) is 5.09 Å². The van der Waals surface area contributed by atoms with E-state index in [4.69, 9.17) is 18.5 Å². The van der Waals surface area contributed by atoms with Crippen molar-refractivity contribution in [1.82, 2.24) is 14.6 Å². The lowest BCUT2D eigenvalue weighted by Gasteiger charge is -2.27. The minimum atomic E-state index is -4.46. The van der Waals surface area contributed by atoms with E-state index in [-0.39, 0.29) is 11.9 Å². The minimum Gasteiger partial charge on any atom is -0.461 e. The van der Waals surface area contributed by atoms with Gasteiger partial charge in [-0.3, -0.25) is 23.7 Å². The van der Waals surface area contributed by atoms with Gasteiger partial charge in [0.1, 0.15) is 24.5 Å². The van der Waals surface area contributed by atoms with E-state index in [1.165, 1.54) is 19.1 Å². The number of halogens is 2. The van der Waals surface area contributed by atoms with Crippen LogP contribution in [0.1, 0.15) is 58.6 Å². The third kappa shape index (κ3) is 7.42. The van der Waals surface area contributed by atoms with Gasteiger partial charge in [0.25, 0.3) is 5.56 Å². The Morgan fingerprint density at radius 3 is 2.56 bits per heavy atom. The van der Waals surface area contributed by atoms with Crippen LogP contribution in [0.4, 0.5) is 8.78 Å². The largest absolute Gasteiger partial charge is 0.461 e. The van der Waals surface area contributed by atoms with Crippen molar-refractivity contribution in [2.45, 2.75) is 82.3 Å². The molecule has 0 bridgehead atoms. The average Bonchev–Trinajstić information content (AvgIpc) is 3.12. The summed E-state index contributed by atoms with van der Waals surface area (Å²) in [6.07, 6.45) is 2.52. The fourth-order valence-electron chi connectivity index (χ4n) is 4.64. The number of aromatic amines is 1. The van der Waals surface area contributed by atoms with Crippen molar-refractivity contribution in [2.24, 2.45) is 0 Å². The van der Waals surface area contributed by atoms with Gasteiger partial charge < -0.3 is 14.0 Å². The van der Waals surface area contributed by atoms with E-state index >= 15 is 8.78 Å². The number of hydrogen-bond donors (Lipinski definition) is 2. The number of H-pyrrole nitrogens is 1. The molecular weight excluding hydrogens is 539 g/mol. The van der Waals surface area contributed by atoms with Crippen molar-refractivity contribution in [1.29, 1.82) is 0 Å². The summed E-state index contributed by atoms with van der Waals surface area (Å²) < 4.78 is 67.2. The van der Waals surface area contributed by atoms with Crippen LogP contribution in [0, 0.1) is 0 Å². The van der Waals surface area contributed by atoms with Crippen molar-refractivity contribution < 1.29 is 36.7 Å². The number of hydrogen-bond acceptors (Lipinski definition) is 8. The van der Waals surface area contributed by atoms with E-state index < -0.39 is 61.8 Å². The van der Waals surface area contributed by atoms with Gasteiger partial charge in [-0.1, -0.05) is 24.6 Å². The average molecular weight is 572 g/mol. The second kappa shape index (κ2) is 11.7. The van der Waals surface area contributed by atoms with E-state index in [1.54, 1.807) is 18.2 Å². The molecule has 14 heteroatoms. The predicted octanol–water partition coefficient (Wildman–Crippen LogP) is 3.91. The smallest absolute Gasteiger partial charge is 0.459 e. The standard InChI is InChI=1S/C25H32F2N3O8P/c1-17(21(32)36-18-9-5-3-6-10-18)29-39(34,38-19-11-7-4-8-12-19)35-16-25(27)15-24(2,26)22(37-25)30-14-13-20(31)28-23(30)33/h4,7-8,11-14,17-18,22H,3,5-6,9-10,15-16H2,1-2H3,(H,29,34)(H,28,31,33). The van der Waals surface area contributed by atoms with Crippen molar-refractivity contribution in [3.63, 3.8) is 0 Å². The number of nitrogens with zero attached hydrogens (tertiary/aromatic N) is 1. The summed E-state index contributed by atoms with van der Waals surface area (Å²) in [6.45, 7) is 1.37. The van der Waals surface area contributed by atoms with E-state index in [0.717, 1.165) is 51.3 Å². The lowest BCUT2D eigenvalue weighted by Crippen LogP contribution is -2.39. The molecule has 2 fully saturated rings. The van der Waals surface area contributed by atoms with Crippen LogP contribution in [0.3, 0.4) is 0 Å². The molecule has 1 saturated carbocycles. The maximum atomic E-state index is 15.8. The molecule has 1 aliphatic carbocycles. The molecule has 4 rings (SSSR count). The highest BCUT2D eigenvalue weighted by Crippen LogP contribution is 2.51. The summed E-state index contributed by atoms with van der Waals surface area (Å²) in [5.74, 6) is -3.41. The molecule has 0 spiro atoms. The first-order valence-electron chi connectivity index (χ1n) is 12.7. The number of carbonyl (C=O) groups is 1. The molecule has 5 atom stereocenters. The van der Waals surface area contributed by atoms with Gasteiger partial charge in [0.2, 0.25) is 5.85 Å². The van der Waals surface area contributed by atoms with Gasteiger partial charge in [0, 0.05) is 18.7 Å². The molecule has 39 heavy (non-hydrogen) atoms. The van der Waals surface area contributed by atoms with E-state index in [2.05, 4.69) is 5.09 Å². The van der Waals surface area contributed by atoms with Gasteiger partial charge in [0.05, 0.1) is 0 Å². The second-order valence-corrected chi connectivity index (χ2v) is 11.7. The Balaban J connectivity index is 1.49. The molecule has 2 aromatic rings. The highest BCUT2D eigenvalue weighted by Gasteiger charge is 2.57. The van der Waals surface area contributed by atoms with Crippen LogP contribution < -0.4 is 20.9 Å². The summed E-state index contributed by atoms with van der Waals surface area (Å²) in [6, 6.07) is 7.70. The number of aromatic nitrogens is 2. The third-order valence-electron chi connectivity index (χ3n) is 6.51. The van der Waals surface area contributed by atoms with Crippen LogP contribution in [0.2, 0.25) is 0 Å². The highest BCUT2D eigenvalue weighted by atomic mass is 31.2. The molecular formula is C25H32F2N3O8P. The zero-order chi connectivity index (χ0) is 28.3. The summed E-state index contributed by atoms with van der Waals surface area (Å²) in [5, 5.41) is 2.48. The van der Waals surface area contributed by atoms with Crippen molar-refractivity contribution in [3.05, 3.63) is 63.4 Å². The quantitative estimate of drug-likeness (QED) is 0.321. The first-order chi connectivity index (χ1) is 18.4. The fraction of sp³-hybridized carbons (Fsp3) is 0.560. The van der Waals surface area contributed by atoms with Crippen LogP contribution in [-0.2, 0) is 23.4 Å². The van der Waals surface area contributed by atoms with Crippen LogP contribution in [0.5, 0.6) is 5.75 Å². The molecule has 11 nitrogen and oxygen atoms in total. The molecule has 5 unspecified atom stereocenters. The van der Waals surface area contributed by atoms with Crippen molar-refractivity contribution in [2.75, 3.05) is 6.61 Å². The summed E-state index contributed by atoms with van der Waals surface area (Å²) in [4.78, 5) is 38.2. The van der Waals surface area contributed by atoms with Crippen LogP contribution in [0.25, 0.3) is 0 Å². The summed E-state index contributed by atoms with van der Waals surface area (Å²) >= 11 is 0. The Labute approximate surface area is 223 Å². The topological polar surface area (TPSA) is 138 Å². The number of carbonyl (C=O) groups excluding carboxylic acids is 1. The SMILES string of the molecule is CC(NP(=O)(OCC1(F)CC(C)(F)C(n2ccc(=O)[nH]c2=O)O1)Oc1ccccc1)C(=O)OC1CCCCC1. The normalized spacial score (nSPS) is 27.9. The Bertz CT molecular complexity index is 1310. The number of rotatable bonds is 10. The summed E-state index contributed by atoms with van der Waals surface area (Å²) in [5.41, 5.74) is -4.12. The Hall–Kier alpha value is -2.86. The monoisotopic (exact) mass is 571 g/mol. The van der Waals surface area contributed by atoms with Crippen molar-refractivity contribution in [3.8, 4) is 5.75 Å². The molecule has 2 N–H and O–H groups in total. The number of ether oxygens (including phenoxy) is 2. The molecule has 1 aliphatic heterocycles. The molecule has 0 radical (unpaired) electrons. The Morgan fingerprint density at radius 2 is 1.90 bits per heavy atom. The molecule has 1 aromatic carbocycles. The first kappa shape index (κ1) is 29.1. The third-order valence-corrected chi connectivity index (χ3v) is 8.13. The van der Waals surface area contributed by atoms with E-state index in [9.17, 15) is 18.9 Å². The van der Waals surface area contributed by atoms with Crippen LogP contribution >= 0.6 is 7.75 Å². The number of benzene rings is 1. The first-order valence-corrected chi connectivity index (χ1v) is 14.3. The van der Waals surface area contributed by atoms with Gasteiger partial charge in [0.15, 0.2) is 11.9 Å². The molecule has 1 saturated heterocycles. The predicted molar refractivity (Wildman–Crippen MR) is 136 cm³/mol. The molecule has 0 amide bonds. The maximum Gasteiger partial charge on any atom is 0.459 e. The minimum absolute atomic E-state index is 0.106. The zero-order valence-corrected chi connectivity index (χ0v) is 22.5. The number of para-hydroxylation sites is 1. The van der Waals surface area contributed by atoms with Crippen LogP contribution in [0.15, 0.2) is 52.2 Å². The van der Waals surface area contributed by atoms with Crippen LogP contribution in [-0.4, -0.2) is 45.8 Å². The molecule has 2 aliphatic rings. The zero-order valence-electron chi connectivity index (χ0n) is 21.6. The fourth-order valence-corrected chi connectivity index (χ4v) is 6.16. The number of nitrogens with one attached hydrogen (secondary N) is 2. The van der Waals surface area contributed by atoms with Gasteiger partial charge >= 0.3 is 19.4 Å². The van der Waals surface area contributed by atoms with E-state index in [0.29, 0.717) is 4.57 Å². The van der Waals surface area contributed by atoms with Gasteiger partial charge in [-0.15, -0.1) is 0 Å². The number of alkyl halides is 2. The second-order valence-electron chi connectivity index (χ2n) is 10.0. The molecule has 214 valence electrons. The number of esters is 1. The molecule has 1 aromatic heterocycles.